The number of hydrogen-bond acceptors (Lipinski definition) is 1. The second kappa shape index (κ2) is 5.38. The molecule has 2 heteroatoms. The largest absolute Gasteiger partial charge is 0.343 e. The Labute approximate surface area is 126 Å². The fourth-order valence-electron chi connectivity index (χ4n) is 3.25. The van der Waals surface area contributed by atoms with Crippen molar-refractivity contribution < 1.29 is 0 Å². The molecule has 1 heterocycles. The van der Waals surface area contributed by atoms with Gasteiger partial charge in [0.25, 0.3) is 0 Å². The summed E-state index contributed by atoms with van der Waals surface area (Å²) in [6, 6.07) is 13.0. The third-order valence-corrected chi connectivity index (χ3v) is 4.26. The molecule has 2 N–H and O–H groups in total. The second-order valence-electron chi connectivity index (χ2n) is 5.88. The number of para-hydroxylation sites is 1. The molecule has 0 amide bonds. The Morgan fingerprint density at radius 1 is 1.00 bits per heavy atom. The molecule has 0 fully saturated rings. The molecular weight excluding hydrogens is 256 g/mol. The van der Waals surface area contributed by atoms with Gasteiger partial charge in [-0.2, -0.15) is 0 Å². The third-order valence-electron chi connectivity index (χ3n) is 4.26. The van der Waals surface area contributed by atoms with Crippen molar-refractivity contribution >= 4 is 10.9 Å². The van der Waals surface area contributed by atoms with Crippen LogP contribution in [-0.2, 0) is 13.1 Å². The maximum Gasteiger partial charge on any atom is 0.0486 e. The molecule has 3 aromatic rings. The molecule has 1 aromatic heterocycles. The predicted molar refractivity (Wildman–Crippen MR) is 89.6 cm³/mol. The van der Waals surface area contributed by atoms with E-state index in [-0.39, 0.29) is 0 Å². The molecule has 21 heavy (non-hydrogen) atoms. The van der Waals surface area contributed by atoms with E-state index in [1.54, 1.807) is 0 Å². The zero-order valence-corrected chi connectivity index (χ0v) is 13.0. The van der Waals surface area contributed by atoms with Gasteiger partial charge in [0.2, 0.25) is 0 Å². The van der Waals surface area contributed by atoms with Gasteiger partial charge in [0, 0.05) is 30.2 Å². The minimum absolute atomic E-state index is 0.583. The topological polar surface area (TPSA) is 30.9 Å². The lowest BCUT2D eigenvalue weighted by molar-refractivity contribution is 0.816. The average molecular weight is 278 g/mol. The van der Waals surface area contributed by atoms with Gasteiger partial charge in [0.05, 0.1) is 0 Å². The minimum Gasteiger partial charge on any atom is -0.343 e. The SMILES string of the molecule is Cc1cc(C)c(Cn2cc(CN)c3ccccc32)c(C)c1. The van der Waals surface area contributed by atoms with Gasteiger partial charge in [0.1, 0.15) is 0 Å². The highest BCUT2D eigenvalue weighted by molar-refractivity contribution is 5.84. The molecule has 0 saturated heterocycles. The van der Waals surface area contributed by atoms with Crippen molar-refractivity contribution in [3.63, 3.8) is 0 Å². The van der Waals surface area contributed by atoms with E-state index >= 15 is 0 Å². The molecule has 0 radical (unpaired) electrons. The summed E-state index contributed by atoms with van der Waals surface area (Å²) in [6.45, 7) is 8.04. The lowest BCUT2D eigenvalue weighted by Crippen LogP contribution is -2.03. The average Bonchev–Trinajstić information content (AvgIpc) is 2.81. The summed E-state index contributed by atoms with van der Waals surface area (Å²) in [5.41, 5.74) is 13.8. The van der Waals surface area contributed by atoms with Gasteiger partial charge in [-0.05, 0) is 49.1 Å². The van der Waals surface area contributed by atoms with E-state index in [1.807, 2.05) is 0 Å². The molecule has 0 aliphatic carbocycles. The van der Waals surface area contributed by atoms with E-state index in [9.17, 15) is 0 Å². The number of fused-ring (bicyclic) bond motifs is 1. The van der Waals surface area contributed by atoms with Crippen LogP contribution in [0, 0.1) is 20.8 Å². The maximum atomic E-state index is 5.89. The standard InChI is InChI=1S/C19H22N2/c1-13-8-14(2)18(15(3)9-13)12-21-11-16(10-20)17-6-4-5-7-19(17)21/h4-9,11H,10,12,20H2,1-3H3. The fraction of sp³-hybridized carbons (Fsp3) is 0.263. The van der Waals surface area contributed by atoms with E-state index in [2.05, 4.69) is 67.9 Å². The number of aromatic nitrogens is 1. The Morgan fingerprint density at radius 3 is 2.33 bits per heavy atom. The van der Waals surface area contributed by atoms with Gasteiger partial charge in [-0.25, -0.2) is 0 Å². The second-order valence-corrected chi connectivity index (χ2v) is 5.88. The fourth-order valence-corrected chi connectivity index (χ4v) is 3.25. The van der Waals surface area contributed by atoms with Crippen molar-refractivity contribution in [1.29, 1.82) is 0 Å². The Kier molecular flexibility index (Phi) is 3.56. The lowest BCUT2D eigenvalue weighted by atomic mass is 10.00. The van der Waals surface area contributed by atoms with Crippen molar-refractivity contribution in [3.8, 4) is 0 Å². The zero-order valence-electron chi connectivity index (χ0n) is 13.0. The predicted octanol–water partition coefficient (Wildman–Crippen LogP) is 4.07. The van der Waals surface area contributed by atoms with Crippen LogP contribution in [0.15, 0.2) is 42.6 Å². The van der Waals surface area contributed by atoms with Gasteiger partial charge >= 0.3 is 0 Å². The first-order valence-corrected chi connectivity index (χ1v) is 7.43. The maximum absolute atomic E-state index is 5.89. The molecule has 0 atom stereocenters. The first-order valence-electron chi connectivity index (χ1n) is 7.43. The summed E-state index contributed by atoms with van der Waals surface area (Å²) >= 11 is 0. The van der Waals surface area contributed by atoms with E-state index < -0.39 is 0 Å². The number of aryl methyl sites for hydroxylation is 3. The molecule has 0 saturated carbocycles. The summed E-state index contributed by atoms with van der Waals surface area (Å²) < 4.78 is 2.32. The van der Waals surface area contributed by atoms with E-state index in [1.165, 1.54) is 38.7 Å². The number of nitrogens with zero attached hydrogens (tertiary/aromatic N) is 1. The third kappa shape index (κ3) is 2.47. The molecule has 3 rings (SSSR count). The Balaban J connectivity index is 2.11. The molecule has 0 spiro atoms. The Bertz CT molecular complexity index is 773. The number of rotatable bonds is 3. The molecule has 2 nitrogen and oxygen atoms in total. The van der Waals surface area contributed by atoms with Gasteiger partial charge in [0.15, 0.2) is 0 Å². The lowest BCUT2D eigenvalue weighted by Gasteiger charge is -2.13. The zero-order chi connectivity index (χ0) is 15.0. The summed E-state index contributed by atoms with van der Waals surface area (Å²) in [7, 11) is 0. The summed E-state index contributed by atoms with van der Waals surface area (Å²) in [6.07, 6.45) is 2.20. The van der Waals surface area contributed by atoms with Gasteiger partial charge in [-0.3, -0.25) is 0 Å². The van der Waals surface area contributed by atoms with Crippen molar-refractivity contribution in [2.75, 3.05) is 0 Å². The first-order chi connectivity index (χ1) is 10.1. The van der Waals surface area contributed by atoms with Crippen LogP contribution in [-0.4, -0.2) is 4.57 Å². The molecule has 0 bridgehead atoms. The smallest absolute Gasteiger partial charge is 0.0486 e. The molecule has 108 valence electrons. The van der Waals surface area contributed by atoms with Crippen LogP contribution in [0.4, 0.5) is 0 Å². The number of nitrogens with two attached hydrogens (primary N) is 1. The number of hydrogen-bond donors (Lipinski definition) is 1. The van der Waals surface area contributed by atoms with Crippen molar-refractivity contribution in [1.82, 2.24) is 4.57 Å². The Hall–Kier alpha value is -2.06. The van der Waals surface area contributed by atoms with E-state index in [0.717, 1.165) is 6.54 Å². The monoisotopic (exact) mass is 278 g/mol. The first kappa shape index (κ1) is 13.9. The minimum atomic E-state index is 0.583. The van der Waals surface area contributed by atoms with Crippen molar-refractivity contribution in [2.24, 2.45) is 5.73 Å². The van der Waals surface area contributed by atoms with Crippen LogP contribution in [0.2, 0.25) is 0 Å². The molecular formula is C19H22N2. The summed E-state index contributed by atoms with van der Waals surface area (Å²) in [4.78, 5) is 0. The van der Waals surface area contributed by atoms with Crippen LogP contribution < -0.4 is 5.73 Å². The molecule has 0 aliphatic heterocycles. The van der Waals surface area contributed by atoms with Crippen LogP contribution in [0.3, 0.4) is 0 Å². The van der Waals surface area contributed by atoms with Crippen LogP contribution >= 0.6 is 0 Å². The Morgan fingerprint density at radius 2 is 1.67 bits per heavy atom. The van der Waals surface area contributed by atoms with Gasteiger partial charge < -0.3 is 10.3 Å². The van der Waals surface area contributed by atoms with Crippen molar-refractivity contribution in [2.45, 2.75) is 33.9 Å². The van der Waals surface area contributed by atoms with E-state index in [4.69, 9.17) is 5.73 Å². The van der Waals surface area contributed by atoms with Crippen LogP contribution in [0.25, 0.3) is 10.9 Å². The highest BCUT2D eigenvalue weighted by atomic mass is 15.0. The van der Waals surface area contributed by atoms with Crippen molar-refractivity contribution in [3.05, 3.63) is 70.4 Å². The quantitative estimate of drug-likeness (QED) is 0.769. The number of benzene rings is 2. The highest BCUT2D eigenvalue weighted by Crippen LogP contribution is 2.24. The summed E-state index contributed by atoms with van der Waals surface area (Å²) in [5.74, 6) is 0. The molecule has 0 aliphatic rings. The molecule has 2 aromatic carbocycles. The highest BCUT2D eigenvalue weighted by Gasteiger charge is 2.10. The summed E-state index contributed by atoms with van der Waals surface area (Å²) in [5, 5.41) is 1.27. The molecule has 0 unspecified atom stereocenters. The van der Waals surface area contributed by atoms with Crippen LogP contribution in [0.5, 0.6) is 0 Å². The van der Waals surface area contributed by atoms with Crippen LogP contribution in [0.1, 0.15) is 27.8 Å². The van der Waals surface area contributed by atoms with E-state index in [0.29, 0.717) is 6.54 Å². The van der Waals surface area contributed by atoms with Gasteiger partial charge in [-0.1, -0.05) is 35.9 Å². The normalized spacial score (nSPS) is 11.2. The van der Waals surface area contributed by atoms with Gasteiger partial charge in [-0.15, -0.1) is 0 Å².